The standard InChI is InChI=1S/C16H18NO6P/c18-16(19)15(17-11-13-4-2-1-3-5-13)10-12-6-8-14(9-7-12)23-24(20,21)22/h1-9,15,17H,10-11H2,(H,18,19)(H2,20,21,22)/t15-/m0/s1. The van der Waals surface area contributed by atoms with Crippen molar-refractivity contribution in [3.63, 3.8) is 0 Å². The van der Waals surface area contributed by atoms with E-state index in [1.807, 2.05) is 30.3 Å². The van der Waals surface area contributed by atoms with Gasteiger partial charge in [-0.2, -0.15) is 0 Å². The number of carbonyl (C=O) groups is 1. The van der Waals surface area contributed by atoms with Crippen LogP contribution in [0.5, 0.6) is 5.75 Å². The zero-order valence-electron chi connectivity index (χ0n) is 12.7. The van der Waals surface area contributed by atoms with Gasteiger partial charge in [0.2, 0.25) is 0 Å². The third-order valence-electron chi connectivity index (χ3n) is 3.28. The van der Waals surface area contributed by atoms with Crippen molar-refractivity contribution in [1.82, 2.24) is 5.32 Å². The fourth-order valence-corrected chi connectivity index (χ4v) is 2.54. The van der Waals surface area contributed by atoms with Crippen LogP contribution in [-0.2, 0) is 22.3 Å². The molecule has 0 unspecified atom stereocenters. The molecule has 4 N–H and O–H groups in total. The molecule has 8 heteroatoms. The topological polar surface area (TPSA) is 116 Å². The largest absolute Gasteiger partial charge is 0.524 e. The number of hydrogen-bond acceptors (Lipinski definition) is 4. The molecule has 0 amide bonds. The van der Waals surface area contributed by atoms with E-state index in [1.165, 1.54) is 12.1 Å². The first kappa shape index (κ1) is 18.2. The Morgan fingerprint density at radius 3 is 2.21 bits per heavy atom. The minimum atomic E-state index is -4.60. The van der Waals surface area contributed by atoms with Crippen LogP contribution in [0.15, 0.2) is 54.6 Å². The summed E-state index contributed by atoms with van der Waals surface area (Å²) in [6.45, 7) is 0.428. The molecule has 0 aliphatic rings. The Balaban J connectivity index is 1.97. The molecule has 7 nitrogen and oxygen atoms in total. The molecule has 0 aliphatic carbocycles. The van der Waals surface area contributed by atoms with Crippen LogP contribution < -0.4 is 9.84 Å². The van der Waals surface area contributed by atoms with Gasteiger partial charge in [0.25, 0.3) is 0 Å². The van der Waals surface area contributed by atoms with E-state index in [4.69, 9.17) is 9.79 Å². The third kappa shape index (κ3) is 6.14. The van der Waals surface area contributed by atoms with E-state index in [0.717, 1.165) is 5.56 Å². The number of nitrogens with one attached hydrogen (secondary N) is 1. The van der Waals surface area contributed by atoms with Gasteiger partial charge in [-0.3, -0.25) is 14.6 Å². The lowest BCUT2D eigenvalue weighted by Gasteiger charge is -2.15. The summed E-state index contributed by atoms with van der Waals surface area (Å²) in [6.07, 6.45) is 0.234. The van der Waals surface area contributed by atoms with Crippen LogP contribution in [0.25, 0.3) is 0 Å². The lowest BCUT2D eigenvalue weighted by molar-refractivity contribution is -0.139. The van der Waals surface area contributed by atoms with E-state index in [0.29, 0.717) is 12.1 Å². The molecule has 1 atom stereocenters. The highest BCUT2D eigenvalue weighted by Crippen LogP contribution is 2.37. The van der Waals surface area contributed by atoms with Crippen molar-refractivity contribution in [3.05, 3.63) is 65.7 Å². The Morgan fingerprint density at radius 2 is 1.67 bits per heavy atom. The van der Waals surface area contributed by atoms with E-state index in [-0.39, 0.29) is 12.2 Å². The van der Waals surface area contributed by atoms with Gasteiger partial charge in [0, 0.05) is 6.54 Å². The second-order valence-electron chi connectivity index (χ2n) is 5.19. The van der Waals surface area contributed by atoms with Gasteiger partial charge in [-0.15, -0.1) is 0 Å². The highest BCUT2D eigenvalue weighted by atomic mass is 31.2. The lowest BCUT2D eigenvalue weighted by atomic mass is 10.1. The Bertz CT molecular complexity index is 713. The van der Waals surface area contributed by atoms with E-state index >= 15 is 0 Å². The number of hydrogen-bond donors (Lipinski definition) is 4. The Kier molecular flexibility index (Phi) is 6.11. The summed E-state index contributed by atoms with van der Waals surface area (Å²) in [6, 6.07) is 14.6. The van der Waals surface area contributed by atoms with Crippen LogP contribution in [-0.4, -0.2) is 26.9 Å². The summed E-state index contributed by atoms with van der Waals surface area (Å²) in [5.41, 5.74) is 1.69. The number of phosphoric ester groups is 1. The summed E-state index contributed by atoms with van der Waals surface area (Å²) < 4.78 is 15.2. The summed E-state index contributed by atoms with van der Waals surface area (Å²) in [5, 5.41) is 12.3. The van der Waals surface area contributed by atoms with Crippen molar-refractivity contribution in [3.8, 4) is 5.75 Å². The molecule has 0 saturated carbocycles. The van der Waals surface area contributed by atoms with Crippen LogP contribution in [0.2, 0.25) is 0 Å². The lowest BCUT2D eigenvalue weighted by Crippen LogP contribution is -2.38. The van der Waals surface area contributed by atoms with Crippen molar-refractivity contribution < 1.29 is 28.8 Å². The van der Waals surface area contributed by atoms with Crippen LogP contribution in [0.4, 0.5) is 0 Å². The number of carboxylic acids is 1. The van der Waals surface area contributed by atoms with Crippen LogP contribution in [0.1, 0.15) is 11.1 Å². The number of benzene rings is 2. The van der Waals surface area contributed by atoms with Crippen LogP contribution in [0.3, 0.4) is 0 Å². The maximum atomic E-state index is 11.4. The molecule has 0 radical (unpaired) electrons. The van der Waals surface area contributed by atoms with Crippen LogP contribution in [0, 0.1) is 0 Å². The van der Waals surface area contributed by atoms with Crippen LogP contribution >= 0.6 is 7.82 Å². The first-order valence-electron chi connectivity index (χ1n) is 7.18. The summed E-state index contributed by atoms with van der Waals surface area (Å²) >= 11 is 0. The quantitative estimate of drug-likeness (QED) is 0.537. The van der Waals surface area contributed by atoms with Crippen molar-refractivity contribution >= 4 is 13.8 Å². The minimum absolute atomic E-state index is 0.0243. The fraction of sp³-hybridized carbons (Fsp3) is 0.188. The number of carboxylic acid groups (broad SMARTS) is 1. The summed E-state index contributed by atoms with van der Waals surface area (Å²) in [7, 11) is -4.60. The van der Waals surface area contributed by atoms with E-state index in [1.54, 1.807) is 12.1 Å². The van der Waals surface area contributed by atoms with Crippen molar-refractivity contribution in [1.29, 1.82) is 0 Å². The van der Waals surface area contributed by atoms with Gasteiger partial charge in [-0.05, 0) is 29.7 Å². The predicted molar refractivity (Wildman–Crippen MR) is 87.5 cm³/mol. The molecule has 0 aliphatic heterocycles. The number of rotatable bonds is 8. The average molecular weight is 351 g/mol. The molecule has 0 spiro atoms. The first-order chi connectivity index (χ1) is 11.3. The molecule has 0 aromatic heterocycles. The van der Waals surface area contributed by atoms with Gasteiger partial charge in [-0.1, -0.05) is 42.5 Å². The number of phosphoric acid groups is 1. The molecule has 24 heavy (non-hydrogen) atoms. The van der Waals surface area contributed by atoms with Gasteiger partial charge in [0.15, 0.2) is 0 Å². The Hall–Kier alpha value is -2.18. The SMILES string of the molecule is O=C(O)[C@H](Cc1ccc(OP(=O)(O)O)cc1)NCc1ccccc1. The average Bonchev–Trinajstić information content (AvgIpc) is 2.52. The summed E-state index contributed by atoms with van der Waals surface area (Å²) in [4.78, 5) is 28.9. The van der Waals surface area contributed by atoms with Gasteiger partial charge in [0.05, 0.1) is 0 Å². The normalized spacial score (nSPS) is 12.6. The molecule has 0 fully saturated rings. The molecule has 2 aromatic carbocycles. The zero-order chi connectivity index (χ0) is 17.6. The van der Waals surface area contributed by atoms with Crippen molar-refractivity contribution in [2.75, 3.05) is 0 Å². The predicted octanol–water partition coefficient (Wildman–Crippen LogP) is 1.94. The second kappa shape index (κ2) is 8.08. The highest BCUT2D eigenvalue weighted by Gasteiger charge is 2.18. The minimum Gasteiger partial charge on any atom is -0.480 e. The first-order valence-corrected chi connectivity index (χ1v) is 8.71. The molecule has 128 valence electrons. The van der Waals surface area contributed by atoms with Gasteiger partial charge >= 0.3 is 13.8 Å². The molecule has 2 rings (SSSR count). The smallest absolute Gasteiger partial charge is 0.480 e. The monoisotopic (exact) mass is 351 g/mol. The Labute approximate surface area is 139 Å². The van der Waals surface area contributed by atoms with E-state index in [9.17, 15) is 14.5 Å². The molecule has 2 aromatic rings. The maximum Gasteiger partial charge on any atom is 0.524 e. The van der Waals surface area contributed by atoms with Crippen molar-refractivity contribution in [2.24, 2.45) is 0 Å². The van der Waals surface area contributed by atoms with E-state index in [2.05, 4.69) is 9.84 Å². The van der Waals surface area contributed by atoms with E-state index < -0.39 is 19.8 Å². The van der Waals surface area contributed by atoms with Gasteiger partial charge < -0.3 is 14.9 Å². The molecule has 0 heterocycles. The molecule has 0 bridgehead atoms. The molecular formula is C16H18NO6P. The Morgan fingerprint density at radius 1 is 1.04 bits per heavy atom. The third-order valence-corrected chi connectivity index (χ3v) is 3.73. The van der Waals surface area contributed by atoms with Gasteiger partial charge in [0.1, 0.15) is 11.8 Å². The maximum absolute atomic E-state index is 11.4. The fourth-order valence-electron chi connectivity index (χ4n) is 2.14. The van der Waals surface area contributed by atoms with Gasteiger partial charge in [-0.25, -0.2) is 4.57 Å². The molecule has 0 saturated heterocycles. The molecular weight excluding hydrogens is 333 g/mol. The summed E-state index contributed by atoms with van der Waals surface area (Å²) in [5.74, 6) is -0.947. The number of aliphatic carboxylic acids is 1. The second-order valence-corrected chi connectivity index (χ2v) is 6.35. The highest BCUT2D eigenvalue weighted by molar-refractivity contribution is 7.46. The zero-order valence-corrected chi connectivity index (χ0v) is 13.6. The van der Waals surface area contributed by atoms with Crippen molar-refractivity contribution in [2.45, 2.75) is 19.0 Å².